The number of aliphatic hydroxyl groups is 1. The number of allylic oxidation sites excluding steroid dienone is 2. The number of H-pyrrole nitrogens is 1. The molecule has 2 atom stereocenters. The highest BCUT2D eigenvalue weighted by atomic mass is 16.3. The number of aliphatic hydroxyl groups excluding tert-OH is 1. The fraction of sp³-hybridized carbons (Fsp3) is 0.458. The fourth-order valence-electron chi connectivity index (χ4n) is 4.81. The lowest BCUT2D eigenvalue weighted by atomic mass is 9.74. The Hall–Kier alpha value is -2.37. The molecule has 0 aliphatic heterocycles. The maximum atomic E-state index is 11.6. The molecule has 0 radical (unpaired) electrons. The predicted molar refractivity (Wildman–Crippen MR) is 116 cm³/mol. The van der Waals surface area contributed by atoms with Crippen molar-refractivity contribution in [2.75, 3.05) is 6.54 Å². The monoisotopic (exact) mass is 394 g/mol. The molecule has 5 heteroatoms. The Balaban J connectivity index is 1.47. The van der Waals surface area contributed by atoms with E-state index in [1.165, 1.54) is 36.1 Å². The second-order valence-electron chi connectivity index (χ2n) is 8.49. The summed E-state index contributed by atoms with van der Waals surface area (Å²) in [6.07, 6.45) is 9.68. The zero-order valence-corrected chi connectivity index (χ0v) is 17.2. The van der Waals surface area contributed by atoms with E-state index >= 15 is 0 Å². The molecule has 4 rings (SSSR count). The van der Waals surface area contributed by atoms with E-state index < -0.39 is 6.10 Å². The minimum absolute atomic E-state index is 0.00989. The number of aromatic amines is 1. The Labute approximate surface area is 171 Å². The van der Waals surface area contributed by atoms with Gasteiger partial charge in [0.1, 0.15) is 5.75 Å². The van der Waals surface area contributed by atoms with Crippen LogP contribution in [0.15, 0.2) is 52.4 Å². The van der Waals surface area contributed by atoms with Crippen molar-refractivity contribution < 1.29 is 10.2 Å². The van der Waals surface area contributed by atoms with Crippen LogP contribution in [-0.4, -0.2) is 27.8 Å². The van der Waals surface area contributed by atoms with Gasteiger partial charge in [0, 0.05) is 24.0 Å². The third-order valence-corrected chi connectivity index (χ3v) is 6.85. The van der Waals surface area contributed by atoms with Crippen molar-refractivity contribution in [3.63, 3.8) is 0 Å². The van der Waals surface area contributed by atoms with Crippen LogP contribution in [0, 0.1) is 5.41 Å². The third-order valence-electron chi connectivity index (χ3n) is 6.85. The molecule has 0 saturated heterocycles. The first-order valence-electron chi connectivity index (χ1n) is 10.6. The zero-order valence-electron chi connectivity index (χ0n) is 17.2. The van der Waals surface area contributed by atoms with Crippen molar-refractivity contribution in [1.29, 1.82) is 0 Å². The maximum Gasteiger partial charge on any atom is 0.248 e. The first-order valence-corrected chi connectivity index (χ1v) is 10.6. The lowest BCUT2D eigenvalue weighted by Gasteiger charge is -2.31. The standard InChI is InChI=1S/C24H30N2O3/c1-3-24(4-2)10-9-15-11-17(12-16(15)13-24)25-14-21(28)18-5-7-20(27)23-19(18)6-8-22(29)26-23/h5-9,13,17,21,25,27-28H,3-4,10-12,14H2,1-2H3,(H,26,29)/t17?,21-/m0/s1. The zero-order chi connectivity index (χ0) is 20.6. The molecule has 29 heavy (non-hydrogen) atoms. The van der Waals surface area contributed by atoms with Crippen molar-refractivity contribution >= 4 is 10.9 Å². The van der Waals surface area contributed by atoms with Crippen molar-refractivity contribution in [3.8, 4) is 5.75 Å². The van der Waals surface area contributed by atoms with Crippen LogP contribution in [0.2, 0.25) is 0 Å². The van der Waals surface area contributed by atoms with Crippen molar-refractivity contribution in [1.82, 2.24) is 10.3 Å². The molecule has 1 heterocycles. The summed E-state index contributed by atoms with van der Waals surface area (Å²) in [7, 11) is 0. The van der Waals surface area contributed by atoms with Gasteiger partial charge in [0.05, 0.1) is 11.6 Å². The summed E-state index contributed by atoms with van der Waals surface area (Å²) in [6, 6.07) is 6.64. The number of hydrogen-bond donors (Lipinski definition) is 4. The molecule has 154 valence electrons. The molecule has 2 aromatic rings. The predicted octanol–water partition coefficient (Wildman–Crippen LogP) is 4.08. The van der Waals surface area contributed by atoms with Crippen LogP contribution in [0.5, 0.6) is 5.75 Å². The Morgan fingerprint density at radius 2 is 1.93 bits per heavy atom. The van der Waals surface area contributed by atoms with Crippen LogP contribution in [0.3, 0.4) is 0 Å². The molecule has 5 nitrogen and oxygen atoms in total. The Bertz CT molecular complexity index is 1030. The van der Waals surface area contributed by atoms with Gasteiger partial charge in [-0.25, -0.2) is 0 Å². The van der Waals surface area contributed by atoms with E-state index in [-0.39, 0.29) is 11.3 Å². The second kappa shape index (κ2) is 7.81. The molecule has 4 N–H and O–H groups in total. The van der Waals surface area contributed by atoms with Crippen molar-refractivity contribution in [2.45, 2.75) is 58.1 Å². The minimum Gasteiger partial charge on any atom is -0.506 e. The molecule has 1 unspecified atom stereocenters. The van der Waals surface area contributed by atoms with Gasteiger partial charge in [-0.1, -0.05) is 32.1 Å². The summed E-state index contributed by atoms with van der Waals surface area (Å²) in [6.45, 7) is 4.97. The van der Waals surface area contributed by atoms with Gasteiger partial charge in [0.15, 0.2) is 0 Å². The van der Waals surface area contributed by atoms with E-state index in [0.717, 1.165) is 19.3 Å². The first kappa shape index (κ1) is 19.9. The lowest BCUT2D eigenvalue weighted by Crippen LogP contribution is -2.30. The molecule has 2 aliphatic carbocycles. The molecule has 1 aromatic heterocycles. The number of hydrogen-bond acceptors (Lipinski definition) is 4. The van der Waals surface area contributed by atoms with Crippen molar-refractivity contribution in [2.24, 2.45) is 5.41 Å². The molecule has 1 saturated carbocycles. The number of aromatic nitrogens is 1. The van der Waals surface area contributed by atoms with Gasteiger partial charge in [-0.05, 0) is 66.4 Å². The molecule has 1 fully saturated rings. The van der Waals surface area contributed by atoms with Crippen LogP contribution < -0.4 is 10.9 Å². The minimum atomic E-state index is -0.722. The summed E-state index contributed by atoms with van der Waals surface area (Å²) >= 11 is 0. The van der Waals surface area contributed by atoms with E-state index in [0.29, 0.717) is 34.5 Å². The first-order chi connectivity index (χ1) is 13.9. The highest BCUT2D eigenvalue weighted by molar-refractivity contribution is 5.87. The van der Waals surface area contributed by atoms with Crippen LogP contribution >= 0.6 is 0 Å². The van der Waals surface area contributed by atoms with E-state index in [1.54, 1.807) is 12.1 Å². The number of aromatic hydroxyl groups is 1. The summed E-state index contributed by atoms with van der Waals surface area (Å²) in [5, 5.41) is 25.0. The molecule has 0 bridgehead atoms. The molecule has 0 spiro atoms. The number of benzene rings is 1. The van der Waals surface area contributed by atoms with Gasteiger partial charge in [-0.15, -0.1) is 0 Å². The van der Waals surface area contributed by atoms with Gasteiger partial charge in [0.2, 0.25) is 5.56 Å². The number of phenols is 1. The van der Waals surface area contributed by atoms with E-state index in [1.807, 2.05) is 0 Å². The molecule has 1 aromatic carbocycles. The highest BCUT2D eigenvalue weighted by Crippen LogP contribution is 2.44. The van der Waals surface area contributed by atoms with Gasteiger partial charge in [0.25, 0.3) is 0 Å². The van der Waals surface area contributed by atoms with E-state index in [9.17, 15) is 15.0 Å². The Morgan fingerprint density at radius 3 is 2.69 bits per heavy atom. The van der Waals surface area contributed by atoms with E-state index in [2.05, 4.69) is 36.3 Å². The van der Waals surface area contributed by atoms with Crippen LogP contribution in [-0.2, 0) is 0 Å². The van der Waals surface area contributed by atoms with Gasteiger partial charge >= 0.3 is 0 Å². The average molecular weight is 395 g/mol. The topological polar surface area (TPSA) is 85.3 Å². The van der Waals surface area contributed by atoms with Crippen LogP contribution in [0.4, 0.5) is 0 Å². The molecule has 2 aliphatic rings. The third kappa shape index (κ3) is 3.77. The number of rotatable bonds is 6. The smallest absolute Gasteiger partial charge is 0.248 e. The summed E-state index contributed by atoms with van der Waals surface area (Å²) in [5.74, 6) is 0.00989. The molecule has 0 amide bonds. The Morgan fingerprint density at radius 1 is 1.17 bits per heavy atom. The molecular weight excluding hydrogens is 364 g/mol. The second-order valence-corrected chi connectivity index (χ2v) is 8.49. The normalized spacial score (nSPS) is 21.6. The van der Waals surface area contributed by atoms with E-state index in [4.69, 9.17) is 0 Å². The summed E-state index contributed by atoms with van der Waals surface area (Å²) in [5.41, 5.74) is 4.04. The number of nitrogens with one attached hydrogen (secondary N) is 2. The highest BCUT2D eigenvalue weighted by Gasteiger charge is 2.32. The number of phenolic OH excluding ortho intramolecular Hbond substituents is 1. The van der Waals surface area contributed by atoms with Gasteiger partial charge < -0.3 is 20.5 Å². The number of fused-ring (bicyclic) bond motifs is 2. The van der Waals surface area contributed by atoms with Crippen molar-refractivity contribution in [3.05, 3.63) is 63.5 Å². The quantitative estimate of drug-likeness (QED) is 0.595. The average Bonchev–Trinajstić information content (AvgIpc) is 3.14. The molecular formula is C24H30N2O3. The lowest BCUT2D eigenvalue weighted by molar-refractivity contribution is 0.171. The summed E-state index contributed by atoms with van der Waals surface area (Å²) < 4.78 is 0. The van der Waals surface area contributed by atoms with Crippen LogP contribution in [0.1, 0.15) is 57.6 Å². The van der Waals surface area contributed by atoms with Gasteiger partial charge in [-0.2, -0.15) is 0 Å². The SMILES string of the molecule is CCC1(CC)C=C2CC(NC[C@H](O)c3ccc(O)c4[nH]c(=O)ccc34)CC2=CC1. The van der Waals surface area contributed by atoms with Gasteiger partial charge in [-0.3, -0.25) is 4.79 Å². The summed E-state index contributed by atoms with van der Waals surface area (Å²) in [4.78, 5) is 14.2. The fourth-order valence-corrected chi connectivity index (χ4v) is 4.81. The van der Waals surface area contributed by atoms with Crippen LogP contribution in [0.25, 0.3) is 10.9 Å². The largest absolute Gasteiger partial charge is 0.506 e. The maximum absolute atomic E-state index is 11.6. The Kier molecular flexibility index (Phi) is 5.36. The number of pyridine rings is 1.